The molecule has 0 saturated carbocycles. The highest BCUT2D eigenvalue weighted by Gasteiger charge is 2.51. The standard InChI is InChI=1S/C57H77N5O9S2Si3/c1-59-56(63)52(53(57(59)64)47-36-61(41-69-29-32-74(2,3)4)50-28-20-18-26-45(47)50)46-35-60(49-27-19-17-25-44(46)49)38-51-55(71-40-43-23-15-12-16-24-43)54(70-39-42-21-13-11-14-22-42)48(58-72(65,66)30-33-75(5,6)7)37-62(51)73(67,68)31-34-76(8,9)10/h11-28,35-36,48,51,54-55,58H,29-34,37-41H2,1-10H3/t48-,51-,54+,55+/m0/s1. The predicted octanol–water partition coefficient (Wildman–Crippen LogP) is 9.97. The molecule has 4 aromatic carbocycles. The number of imide groups is 1. The normalized spacial score (nSPS) is 19.5. The number of carbonyl (C=O) groups excluding carboxylic acids is 2. The van der Waals surface area contributed by atoms with Gasteiger partial charge in [-0.25, -0.2) is 21.6 Å². The van der Waals surface area contributed by atoms with Crippen LogP contribution in [-0.2, 0) is 70.3 Å². The molecule has 2 aliphatic heterocycles. The van der Waals surface area contributed by atoms with Gasteiger partial charge in [-0.05, 0) is 41.4 Å². The summed E-state index contributed by atoms with van der Waals surface area (Å²) in [4.78, 5) is 30.5. The van der Waals surface area contributed by atoms with E-state index >= 15 is 8.42 Å². The molecular weight excluding hydrogens is 1050 g/mol. The Morgan fingerprint density at radius 2 is 1.04 bits per heavy atom. The Hall–Kier alpha value is -4.81. The van der Waals surface area contributed by atoms with Crippen molar-refractivity contribution in [2.24, 2.45) is 0 Å². The van der Waals surface area contributed by atoms with Crippen molar-refractivity contribution in [2.75, 3.05) is 31.7 Å². The quantitative estimate of drug-likeness (QED) is 0.0354. The van der Waals surface area contributed by atoms with Crippen LogP contribution in [0.3, 0.4) is 0 Å². The minimum absolute atomic E-state index is 0.0289. The van der Waals surface area contributed by atoms with Crippen molar-refractivity contribution in [3.63, 3.8) is 0 Å². The number of likely N-dealkylation sites (N-methyl/N-ethyl adjacent to an activating group) is 1. The molecule has 1 N–H and O–H groups in total. The van der Waals surface area contributed by atoms with Crippen molar-refractivity contribution < 1.29 is 40.6 Å². The lowest BCUT2D eigenvalue weighted by Crippen LogP contribution is -2.68. The molecule has 2 aromatic heterocycles. The molecule has 0 spiro atoms. The number of para-hydroxylation sites is 2. The molecule has 19 heteroatoms. The van der Waals surface area contributed by atoms with E-state index in [9.17, 15) is 18.0 Å². The molecule has 6 aromatic rings. The summed E-state index contributed by atoms with van der Waals surface area (Å²) in [6.07, 6.45) is 1.77. The number of sulfonamides is 2. The Morgan fingerprint density at radius 3 is 1.57 bits per heavy atom. The second-order valence-corrected chi connectivity index (χ2v) is 44.9. The van der Waals surface area contributed by atoms with Gasteiger partial charge in [-0.3, -0.25) is 14.5 Å². The first-order chi connectivity index (χ1) is 35.8. The first kappa shape index (κ1) is 57.4. The fourth-order valence-electron chi connectivity index (χ4n) is 9.93. The SMILES string of the molecule is CN1C(=O)C(c2cn(COCC[Si](C)(C)C)c3ccccc23)=C(c2cn(C[C@H]3[C@@H](OCc4ccccc4)[C@H](OCc4ccccc4)[C@@H](NS(=O)(=O)CC[Si](C)(C)C)CN3S(=O)(=O)CC[Si](C)(C)C)c3ccccc23)C1=O. The van der Waals surface area contributed by atoms with E-state index in [0.29, 0.717) is 40.7 Å². The number of hydrogen-bond donors (Lipinski definition) is 1. The van der Waals surface area contributed by atoms with Gasteiger partial charge in [0, 0.05) is 90.8 Å². The summed E-state index contributed by atoms with van der Waals surface area (Å²) in [5, 5.41) is 1.50. The van der Waals surface area contributed by atoms with Crippen molar-refractivity contribution in [1.29, 1.82) is 0 Å². The van der Waals surface area contributed by atoms with Gasteiger partial charge in [-0.15, -0.1) is 0 Å². The second kappa shape index (κ2) is 23.3. The number of ether oxygens (including phenoxy) is 3. The van der Waals surface area contributed by atoms with Gasteiger partial charge in [0.1, 0.15) is 18.9 Å². The lowest BCUT2D eigenvalue weighted by molar-refractivity contribution is -0.142. The van der Waals surface area contributed by atoms with Crippen LogP contribution in [0, 0.1) is 0 Å². The molecule has 0 bridgehead atoms. The second-order valence-electron chi connectivity index (χ2n) is 24.1. The number of benzene rings is 4. The Labute approximate surface area is 453 Å². The van der Waals surface area contributed by atoms with Crippen LogP contribution in [0.4, 0.5) is 0 Å². The van der Waals surface area contributed by atoms with E-state index < -0.39 is 80.4 Å². The Balaban J connectivity index is 1.28. The van der Waals surface area contributed by atoms with Crippen molar-refractivity contribution in [3.8, 4) is 0 Å². The monoisotopic (exact) mass is 1120 g/mol. The molecule has 1 saturated heterocycles. The molecule has 0 radical (unpaired) electrons. The lowest BCUT2D eigenvalue weighted by Gasteiger charge is -2.48. The summed E-state index contributed by atoms with van der Waals surface area (Å²) < 4.78 is 87.7. The molecule has 2 amide bonds. The number of aromatic nitrogens is 2. The number of rotatable bonds is 24. The van der Waals surface area contributed by atoms with E-state index in [4.69, 9.17) is 14.2 Å². The molecule has 2 aliphatic rings. The highest BCUT2D eigenvalue weighted by molar-refractivity contribution is 7.89. The topological polar surface area (TPSA) is 158 Å². The summed E-state index contributed by atoms with van der Waals surface area (Å²) in [6, 6.07) is 34.7. The summed E-state index contributed by atoms with van der Waals surface area (Å²) in [5.41, 5.74) is 4.90. The summed E-state index contributed by atoms with van der Waals surface area (Å²) >= 11 is 0. The average Bonchev–Trinajstić information content (AvgIpc) is 3.98. The van der Waals surface area contributed by atoms with Gasteiger partial charge in [0.05, 0.1) is 53.5 Å². The van der Waals surface area contributed by atoms with E-state index in [-0.39, 0.29) is 55.7 Å². The first-order valence-electron chi connectivity index (χ1n) is 26.4. The van der Waals surface area contributed by atoms with E-state index in [2.05, 4.69) is 63.6 Å². The highest BCUT2D eigenvalue weighted by atomic mass is 32.2. The molecule has 0 unspecified atom stereocenters. The number of hydrogen-bond acceptors (Lipinski definition) is 9. The minimum Gasteiger partial charge on any atom is -0.369 e. The fraction of sp³-hybridized carbons (Fsp3) is 0.439. The number of carbonyl (C=O) groups is 2. The largest absolute Gasteiger partial charge is 0.369 e. The maximum Gasteiger partial charge on any atom is 0.261 e. The van der Waals surface area contributed by atoms with Gasteiger partial charge < -0.3 is 23.3 Å². The molecule has 1 fully saturated rings. The molecular formula is C57H77N5O9S2Si3. The van der Waals surface area contributed by atoms with Gasteiger partial charge in [-0.1, -0.05) is 156 Å². The van der Waals surface area contributed by atoms with Gasteiger partial charge in [0.2, 0.25) is 20.0 Å². The molecule has 4 atom stereocenters. The maximum atomic E-state index is 15.3. The Morgan fingerprint density at radius 1 is 0.579 bits per heavy atom. The van der Waals surface area contributed by atoms with E-state index in [1.165, 1.54) is 11.4 Å². The number of fused-ring (bicyclic) bond motifs is 2. The van der Waals surface area contributed by atoms with Crippen LogP contribution in [0.2, 0.25) is 77.1 Å². The van der Waals surface area contributed by atoms with Gasteiger partial charge in [0.25, 0.3) is 11.8 Å². The lowest BCUT2D eigenvalue weighted by atomic mass is 9.93. The molecule has 0 aliphatic carbocycles. The molecule has 76 heavy (non-hydrogen) atoms. The summed E-state index contributed by atoms with van der Waals surface area (Å²) in [7, 11) is -11.7. The molecule has 14 nitrogen and oxygen atoms in total. The van der Waals surface area contributed by atoms with Crippen LogP contribution in [0.5, 0.6) is 0 Å². The summed E-state index contributed by atoms with van der Waals surface area (Å²) in [5.74, 6) is -1.13. The maximum absolute atomic E-state index is 15.3. The zero-order chi connectivity index (χ0) is 54.8. The molecule has 4 heterocycles. The smallest absolute Gasteiger partial charge is 0.261 e. The van der Waals surface area contributed by atoms with E-state index in [0.717, 1.165) is 33.0 Å². The van der Waals surface area contributed by atoms with Gasteiger partial charge in [-0.2, -0.15) is 4.31 Å². The van der Waals surface area contributed by atoms with Crippen LogP contribution in [0.15, 0.2) is 122 Å². The first-order valence-corrected chi connectivity index (χ1v) is 40.8. The Bertz CT molecular complexity index is 3290. The number of amides is 2. The minimum atomic E-state index is -4.12. The van der Waals surface area contributed by atoms with Crippen LogP contribution >= 0.6 is 0 Å². The summed E-state index contributed by atoms with van der Waals surface area (Å²) in [6.45, 7) is 20.6. The van der Waals surface area contributed by atoms with Gasteiger partial charge >= 0.3 is 0 Å². The van der Waals surface area contributed by atoms with Crippen molar-refractivity contribution in [3.05, 3.63) is 144 Å². The van der Waals surface area contributed by atoms with Crippen molar-refractivity contribution in [2.45, 2.75) is 128 Å². The predicted molar refractivity (Wildman–Crippen MR) is 314 cm³/mol. The van der Waals surface area contributed by atoms with Crippen LogP contribution in [0.25, 0.3) is 33.0 Å². The number of nitrogens with one attached hydrogen (secondary N) is 1. The van der Waals surface area contributed by atoms with Crippen molar-refractivity contribution in [1.82, 2.24) is 23.1 Å². The van der Waals surface area contributed by atoms with E-state index in [1.807, 2.05) is 131 Å². The third-order valence-corrected chi connectivity index (χ3v) is 23.5. The molecule has 408 valence electrons. The zero-order valence-corrected chi connectivity index (χ0v) is 50.5. The van der Waals surface area contributed by atoms with Crippen LogP contribution < -0.4 is 4.72 Å². The fourth-order valence-corrected chi connectivity index (χ4v) is 19.7. The number of piperidine rings is 1. The molecule has 8 rings (SSSR count). The Kier molecular flexibility index (Phi) is 17.6. The van der Waals surface area contributed by atoms with Crippen LogP contribution in [-0.4, -0.2) is 127 Å². The average molecular weight is 1120 g/mol. The number of nitrogens with zero attached hydrogens (tertiary/aromatic N) is 4. The zero-order valence-electron chi connectivity index (χ0n) is 45.9. The van der Waals surface area contributed by atoms with E-state index in [1.54, 1.807) is 0 Å². The van der Waals surface area contributed by atoms with Gasteiger partial charge in [0.15, 0.2) is 0 Å². The van der Waals surface area contributed by atoms with Crippen LogP contribution in [0.1, 0.15) is 22.3 Å². The van der Waals surface area contributed by atoms with Crippen molar-refractivity contribution >= 4 is 89.0 Å². The third kappa shape index (κ3) is 13.9. The highest BCUT2D eigenvalue weighted by Crippen LogP contribution is 2.42. The third-order valence-electron chi connectivity index (χ3n) is 14.3.